The van der Waals surface area contributed by atoms with E-state index in [-0.39, 0.29) is 31.2 Å². The number of hydrogen-bond donors (Lipinski definition) is 1. The fraction of sp³-hybridized carbons (Fsp3) is 0.600. The first-order valence-corrected chi connectivity index (χ1v) is 12.0. The fourth-order valence-corrected chi connectivity index (χ4v) is 5.81. The lowest BCUT2D eigenvalue weighted by Gasteiger charge is -2.41. The molecule has 4 aliphatic rings. The van der Waals surface area contributed by atoms with Crippen LogP contribution in [0.4, 0.5) is 4.79 Å². The Morgan fingerprint density at radius 3 is 2.66 bits per heavy atom. The van der Waals surface area contributed by atoms with E-state index in [0.717, 1.165) is 44.0 Å². The largest absolute Gasteiger partial charge is 0.454 e. The van der Waals surface area contributed by atoms with Gasteiger partial charge in [-0.15, -0.1) is 0 Å². The molecule has 0 saturated carbocycles. The Balaban J connectivity index is 1.24. The maximum absolute atomic E-state index is 13.6. The van der Waals surface area contributed by atoms with Crippen molar-refractivity contribution in [2.75, 3.05) is 26.4 Å². The van der Waals surface area contributed by atoms with E-state index < -0.39 is 5.54 Å². The summed E-state index contributed by atoms with van der Waals surface area (Å²) in [6.45, 7) is 5.61. The summed E-state index contributed by atoms with van der Waals surface area (Å²) in [5.74, 6) is 2.20. The third-order valence-corrected chi connectivity index (χ3v) is 7.72. The molecule has 0 aromatic heterocycles. The molecule has 3 heterocycles. The van der Waals surface area contributed by atoms with Crippen molar-refractivity contribution in [1.82, 2.24) is 15.1 Å². The van der Waals surface area contributed by atoms with Crippen LogP contribution < -0.4 is 14.8 Å². The molecule has 1 aliphatic carbocycles. The summed E-state index contributed by atoms with van der Waals surface area (Å²) >= 11 is 0. The zero-order valence-corrected chi connectivity index (χ0v) is 18.8. The molecule has 2 atom stereocenters. The van der Waals surface area contributed by atoms with Crippen molar-refractivity contribution in [3.8, 4) is 11.5 Å². The zero-order chi connectivity index (χ0) is 22.1. The van der Waals surface area contributed by atoms with Gasteiger partial charge in [0.25, 0.3) is 5.91 Å². The first-order chi connectivity index (χ1) is 15.6. The first kappa shape index (κ1) is 21.3. The Morgan fingerprint density at radius 2 is 1.91 bits per heavy atom. The number of urea groups is 1. The van der Waals surface area contributed by atoms with Gasteiger partial charge in [-0.2, -0.15) is 0 Å². The van der Waals surface area contributed by atoms with Gasteiger partial charge in [0, 0.05) is 6.54 Å². The molecule has 2 fully saturated rings. The van der Waals surface area contributed by atoms with Crippen LogP contribution in [0.1, 0.15) is 51.0 Å². The number of hydrogen-bond acceptors (Lipinski definition) is 5. The minimum atomic E-state index is -0.785. The highest BCUT2D eigenvalue weighted by Gasteiger charge is 2.54. The van der Waals surface area contributed by atoms with Crippen LogP contribution in [-0.4, -0.2) is 53.7 Å². The Bertz CT molecular complexity index is 908. The van der Waals surface area contributed by atoms with Gasteiger partial charge in [-0.05, 0) is 81.1 Å². The van der Waals surface area contributed by atoms with Gasteiger partial charge in [-0.1, -0.05) is 25.1 Å². The molecule has 3 aliphatic heterocycles. The highest BCUT2D eigenvalue weighted by Crippen LogP contribution is 2.38. The molecule has 0 radical (unpaired) electrons. The number of imide groups is 1. The molecule has 5 rings (SSSR count). The zero-order valence-electron chi connectivity index (χ0n) is 18.8. The Morgan fingerprint density at radius 1 is 1.09 bits per heavy atom. The lowest BCUT2D eigenvalue weighted by molar-refractivity contribution is -0.134. The number of carbonyl (C=O) groups is 2. The molecule has 0 bridgehead atoms. The number of likely N-dealkylation sites (tertiary alicyclic amines) is 1. The van der Waals surface area contributed by atoms with E-state index in [0.29, 0.717) is 17.9 Å². The predicted molar refractivity (Wildman–Crippen MR) is 120 cm³/mol. The highest BCUT2D eigenvalue weighted by molar-refractivity contribution is 6.07. The van der Waals surface area contributed by atoms with E-state index in [4.69, 9.17) is 9.47 Å². The third-order valence-electron chi connectivity index (χ3n) is 7.72. The summed E-state index contributed by atoms with van der Waals surface area (Å²) in [4.78, 5) is 30.4. The Hall–Kier alpha value is -2.54. The molecule has 0 spiro atoms. The van der Waals surface area contributed by atoms with Gasteiger partial charge in [0.1, 0.15) is 5.54 Å². The van der Waals surface area contributed by atoms with Crippen molar-refractivity contribution in [2.45, 2.75) is 57.5 Å². The summed E-state index contributed by atoms with van der Waals surface area (Å²) in [7, 11) is 0. The van der Waals surface area contributed by atoms with Gasteiger partial charge in [0.05, 0.1) is 6.54 Å². The van der Waals surface area contributed by atoms with Crippen molar-refractivity contribution in [3.05, 3.63) is 35.9 Å². The second kappa shape index (κ2) is 8.77. The van der Waals surface area contributed by atoms with Gasteiger partial charge in [-0.25, -0.2) is 4.79 Å². The van der Waals surface area contributed by atoms with Crippen LogP contribution in [0.2, 0.25) is 0 Å². The van der Waals surface area contributed by atoms with Crippen molar-refractivity contribution in [2.24, 2.45) is 11.8 Å². The lowest BCUT2D eigenvalue weighted by Crippen LogP contribution is -2.56. The summed E-state index contributed by atoms with van der Waals surface area (Å²) in [6, 6.07) is 5.29. The molecule has 32 heavy (non-hydrogen) atoms. The monoisotopic (exact) mass is 439 g/mol. The normalized spacial score (nSPS) is 28.4. The standard InChI is InChI=1S/C25H33N3O4/c1-2-25(20-10-12-27(13-11-20)15-18-6-4-3-5-7-18)23(29)28(24(30)26-25)16-19-8-9-21-22(14-19)32-17-31-21/h3-4,8-9,14,18,20H,2,5-7,10-13,15-17H2,1H3,(H,26,30). The van der Waals surface area contributed by atoms with Crippen LogP contribution in [0.5, 0.6) is 11.5 Å². The SMILES string of the molecule is CCC1(C2CCN(CC3CC=CCC3)CC2)NC(=O)N(Cc2ccc3c(c2)OCO3)C1=O. The van der Waals surface area contributed by atoms with E-state index in [1.165, 1.54) is 24.2 Å². The second-order valence-corrected chi connectivity index (χ2v) is 9.56. The maximum atomic E-state index is 13.6. The Labute approximate surface area is 189 Å². The summed E-state index contributed by atoms with van der Waals surface area (Å²) in [5, 5.41) is 3.11. The van der Waals surface area contributed by atoms with Crippen molar-refractivity contribution < 1.29 is 19.1 Å². The maximum Gasteiger partial charge on any atom is 0.325 e. The molecule has 1 aromatic carbocycles. The van der Waals surface area contributed by atoms with Crippen LogP contribution in [0, 0.1) is 11.8 Å². The van der Waals surface area contributed by atoms with E-state index >= 15 is 0 Å². The average molecular weight is 440 g/mol. The number of allylic oxidation sites excluding steroid dienone is 2. The number of carbonyl (C=O) groups excluding carboxylic acids is 2. The number of amides is 3. The molecule has 3 amide bonds. The molecule has 172 valence electrons. The number of fused-ring (bicyclic) bond motifs is 1. The molecule has 1 N–H and O–H groups in total. The van der Waals surface area contributed by atoms with E-state index in [1.807, 2.05) is 25.1 Å². The smallest absolute Gasteiger partial charge is 0.325 e. The minimum absolute atomic E-state index is 0.0847. The molecular weight excluding hydrogens is 406 g/mol. The molecule has 2 unspecified atom stereocenters. The number of ether oxygens (including phenoxy) is 2. The lowest BCUT2D eigenvalue weighted by atomic mass is 9.75. The summed E-state index contributed by atoms with van der Waals surface area (Å²) < 4.78 is 10.8. The molecule has 1 aromatic rings. The molecule has 7 nitrogen and oxygen atoms in total. The number of benzene rings is 1. The highest BCUT2D eigenvalue weighted by atomic mass is 16.7. The minimum Gasteiger partial charge on any atom is -0.454 e. The van der Waals surface area contributed by atoms with E-state index in [9.17, 15) is 9.59 Å². The fourth-order valence-electron chi connectivity index (χ4n) is 5.81. The number of nitrogens with zero attached hydrogens (tertiary/aromatic N) is 2. The van der Waals surface area contributed by atoms with Crippen LogP contribution >= 0.6 is 0 Å². The van der Waals surface area contributed by atoms with Gasteiger partial charge < -0.3 is 19.7 Å². The van der Waals surface area contributed by atoms with E-state index in [1.54, 1.807) is 0 Å². The number of rotatable bonds is 6. The quantitative estimate of drug-likeness (QED) is 0.541. The summed E-state index contributed by atoms with van der Waals surface area (Å²) in [5.41, 5.74) is 0.0774. The van der Waals surface area contributed by atoms with Crippen molar-refractivity contribution >= 4 is 11.9 Å². The van der Waals surface area contributed by atoms with Crippen LogP contribution in [0.3, 0.4) is 0 Å². The molecule has 2 saturated heterocycles. The van der Waals surface area contributed by atoms with Crippen LogP contribution in [0.15, 0.2) is 30.4 Å². The van der Waals surface area contributed by atoms with Crippen LogP contribution in [0.25, 0.3) is 0 Å². The average Bonchev–Trinajstić information content (AvgIpc) is 3.38. The molecule has 7 heteroatoms. The predicted octanol–water partition coefficient (Wildman–Crippen LogP) is 3.68. The van der Waals surface area contributed by atoms with Gasteiger partial charge >= 0.3 is 6.03 Å². The Kier molecular flexibility index (Phi) is 5.84. The van der Waals surface area contributed by atoms with Crippen molar-refractivity contribution in [3.63, 3.8) is 0 Å². The number of piperidine rings is 1. The summed E-state index contributed by atoms with van der Waals surface area (Å²) in [6.07, 6.45) is 10.8. The van der Waals surface area contributed by atoms with E-state index in [2.05, 4.69) is 22.4 Å². The number of nitrogens with one attached hydrogen (secondary N) is 1. The first-order valence-electron chi connectivity index (χ1n) is 12.0. The second-order valence-electron chi connectivity index (χ2n) is 9.56. The van der Waals surface area contributed by atoms with Crippen molar-refractivity contribution in [1.29, 1.82) is 0 Å². The van der Waals surface area contributed by atoms with Gasteiger partial charge in [-0.3, -0.25) is 9.69 Å². The van der Waals surface area contributed by atoms with Gasteiger partial charge in [0.2, 0.25) is 6.79 Å². The van der Waals surface area contributed by atoms with Gasteiger partial charge in [0.15, 0.2) is 11.5 Å². The molecular formula is C25H33N3O4. The van der Waals surface area contributed by atoms with Crippen LogP contribution in [-0.2, 0) is 11.3 Å². The third kappa shape index (κ3) is 3.87. The topological polar surface area (TPSA) is 71.1 Å².